The normalized spacial score (nSPS) is 11.4. The maximum absolute atomic E-state index is 11.1. The third kappa shape index (κ3) is 8.08. The number of benzene rings is 4. The van der Waals surface area contributed by atoms with Gasteiger partial charge in [-0.05, 0) is 52.6 Å². The second-order valence-electron chi connectivity index (χ2n) is 9.07. The van der Waals surface area contributed by atoms with Gasteiger partial charge in [-0.2, -0.15) is 8.42 Å². The van der Waals surface area contributed by atoms with E-state index >= 15 is 0 Å². The highest BCUT2D eigenvalue weighted by atomic mass is 32.2. The van der Waals surface area contributed by atoms with Crippen molar-refractivity contribution in [2.75, 3.05) is 12.4 Å². The molecule has 0 saturated heterocycles. The van der Waals surface area contributed by atoms with E-state index in [-0.39, 0.29) is 5.75 Å². The fourth-order valence-electron chi connectivity index (χ4n) is 4.40. The molecule has 0 aliphatic heterocycles. The van der Waals surface area contributed by atoms with Gasteiger partial charge in [-0.3, -0.25) is 4.55 Å². The van der Waals surface area contributed by atoms with Gasteiger partial charge in [-0.25, -0.2) is 0 Å². The third-order valence-electron chi connectivity index (χ3n) is 6.07. The first kappa shape index (κ1) is 25.7. The monoisotopic (exact) mass is 500 g/mol. The zero-order chi connectivity index (χ0) is 25.2. The second kappa shape index (κ2) is 12.5. The standard InChI is InChI=1S/C31H32O4S/c32-36(33,34)19-11-10-18-35-31-29(21-26-14-6-2-7-15-26)23-28(20-25-12-4-1-5-13-25)24-30(31)22-27-16-8-3-9-17-27/h1-9,12-17,23-24H,10-11,18-22H2,(H,32,33,34). The molecule has 0 aliphatic carbocycles. The van der Waals surface area contributed by atoms with Gasteiger partial charge in [0.15, 0.2) is 0 Å². The van der Waals surface area contributed by atoms with Crippen LogP contribution in [0.3, 0.4) is 0 Å². The summed E-state index contributed by atoms with van der Waals surface area (Å²) in [6.45, 7) is 0.386. The first-order valence-electron chi connectivity index (χ1n) is 12.3. The van der Waals surface area contributed by atoms with Gasteiger partial charge >= 0.3 is 0 Å². The van der Waals surface area contributed by atoms with E-state index in [0.717, 1.165) is 36.1 Å². The van der Waals surface area contributed by atoms with Crippen molar-refractivity contribution < 1.29 is 17.7 Å². The molecule has 0 aromatic heterocycles. The Morgan fingerprint density at radius 3 is 1.47 bits per heavy atom. The van der Waals surface area contributed by atoms with E-state index in [4.69, 9.17) is 9.29 Å². The maximum atomic E-state index is 11.1. The molecule has 0 unspecified atom stereocenters. The summed E-state index contributed by atoms with van der Waals surface area (Å²) in [6, 6.07) is 35.6. The first-order valence-corrected chi connectivity index (χ1v) is 13.9. The lowest BCUT2D eigenvalue weighted by Crippen LogP contribution is -2.09. The van der Waals surface area contributed by atoms with Crippen molar-refractivity contribution >= 4 is 10.1 Å². The van der Waals surface area contributed by atoms with Crippen LogP contribution in [-0.2, 0) is 29.4 Å². The van der Waals surface area contributed by atoms with Gasteiger partial charge in [0.1, 0.15) is 5.75 Å². The van der Waals surface area contributed by atoms with E-state index in [9.17, 15) is 8.42 Å². The number of rotatable bonds is 12. The van der Waals surface area contributed by atoms with Gasteiger partial charge in [0.2, 0.25) is 0 Å². The molecule has 0 saturated carbocycles. The molecule has 0 radical (unpaired) electrons. The van der Waals surface area contributed by atoms with Gasteiger partial charge in [0.25, 0.3) is 10.1 Å². The molecule has 0 heterocycles. The molecule has 4 nitrogen and oxygen atoms in total. The van der Waals surface area contributed by atoms with E-state index in [1.165, 1.54) is 22.3 Å². The molecule has 186 valence electrons. The third-order valence-corrected chi connectivity index (χ3v) is 6.88. The van der Waals surface area contributed by atoms with Gasteiger partial charge in [0, 0.05) is 12.8 Å². The van der Waals surface area contributed by atoms with E-state index in [1.54, 1.807) is 0 Å². The molecule has 0 bridgehead atoms. The van der Waals surface area contributed by atoms with E-state index < -0.39 is 10.1 Å². The summed E-state index contributed by atoms with van der Waals surface area (Å²) in [5.41, 5.74) is 7.14. The summed E-state index contributed by atoms with van der Waals surface area (Å²) in [7, 11) is -3.96. The molecule has 36 heavy (non-hydrogen) atoms. The molecule has 4 aromatic rings. The SMILES string of the molecule is O=S(=O)(O)CCCCOc1c(Cc2ccccc2)cc(Cc2ccccc2)cc1Cc1ccccc1. The summed E-state index contributed by atoms with van der Waals surface area (Å²) in [5.74, 6) is 0.617. The Balaban J connectivity index is 1.67. The van der Waals surface area contributed by atoms with Gasteiger partial charge in [0.05, 0.1) is 12.4 Å². The van der Waals surface area contributed by atoms with Crippen LogP contribution in [0.15, 0.2) is 103 Å². The van der Waals surface area contributed by atoms with Crippen LogP contribution < -0.4 is 4.74 Å². The van der Waals surface area contributed by atoms with Crippen LogP contribution >= 0.6 is 0 Å². The summed E-state index contributed by atoms with van der Waals surface area (Å²) in [5, 5.41) is 0. The van der Waals surface area contributed by atoms with E-state index in [0.29, 0.717) is 19.4 Å². The van der Waals surface area contributed by atoms with Gasteiger partial charge in [-0.15, -0.1) is 0 Å². The number of hydrogen-bond donors (Lipinski definition) is 1. The Morgan fingerprint density at radius 2 is 1.03 bits per heavy atom. The van der Waals surface area contributed by atoms with Crippen LogP contribution in [0.5, 0.6) is 5.75 Å². The molecule has 0 fully saturated rings. The van der Waals surface area contributed by atoms with Crippen LogP contribution in [-0.4, -0.2) is 25.3 Å². The minimum atomic E-state index is -3.96. The highest BCUT2D eigenvalue weighted by Crippen LogP contribution is 2.32. The Labute approximate surface area is 214 Å². The molecular weight excluding hydrogens is 468 g/mol. The lowest BCUT2D eigenvalue weighted by atomic mass is 9.92. The topological polar surface area (TPSA) is 63.6 Å². The fraction of sp³-hybridized carbons (Fsp3) is 0.226. The molecule has 5 heteroatoms. The van der Waals surface area contributed by atoms with Crippen LogP contribution in [0.2, 0.25) is 0 Å². The largest absolute Gasteiger partial charge is 0.493 e. The molecule has 4 rings (SSSR count). The fourth-order valence-corrected chi connectivity index (χ4v) is 4.97. The molecule has 0 amide bonds. The highest BCUT2D eigenvalue weighted by molar-refractivity contribution is 7.85. The van der Waals surface area contributed by atoms with Crippen molar-refractivity contribution in [3.63, 3.8) is 0 Å². The van der Waals surface area contributed by atoms with Crippen molar-refractivity contribution in [2.45, 2.75) is 32.1 Å². The number of ether oxygens (including phenoxy) is 1. The van der Waals surface area contributed by atoms with Crippen molar-refractivity contribution in [3.05, 3.63) is 137 Å². The Morgan fingerprint density at radius 1 is 0.583 bits per heavy atom. The molecule has 0 aliphatic rings. The zero-order valence-corrected chi connectivity index (χ0v) is 21.2. The number of hydrogen-bond acceptors (Lipinski definition) is 3. The van der Waals surface area contributed by atoms with Crippen molar-refractivity contribution in [2.24, 2.45) is 0 Å². The second-order valence-corrected chi connectivity index (χ2v) is 10.6. The average molecular weight is 501 g/mol. The summed E-state index contributed by atoms with van der Waals surface area (Å²) >= 11 is 0. The van der Waals surface area contributed by atoms with Crippen molar-refractivity contribution in [1.29, 1.82) is 0 Å². The Kier molecular flexibility index (Phi) is 8.93. The Hall–Kier alpha value is -3.41. The lowest BCUT2D eigenvalue weighted by Gasteiger charge is -2.19. The highest BCUT2D eigenvalue weighted by Gasteiger charge is 2.15. The minimum Gasteiger partial charge on any atom is -0.493 e. The maximum Gasteiger partial charge on any atom is 0.264 e. The summed E-state index contributed by atoms with van der Waals surface area (Å²) in [4.78, 5) is 0. The summed E-state index contributed by atoms with van der Waals surface area (Å²) < 4.78 is 37.6. The summed E-state index contributed by atoms with van der Waals surface area (Å²) in [6.07, 6.45) is 3.21. The molecule has 1 N–H and O–H groups in total. The average Bonchev–Trinajstić information content (AvgIpc) is 2.86. The van der Waals surface area contributed by atoms with Gasteiger partial charge in [-0.1, -0.05) is 103 Å². The van der Waals surface area contributed by atoms with Crippen molar-refractivity contribution in [3.8, 4) is 5.75 Å². The Bertz CT molecular complexity index is 1270. The van der Waals surface area contributed by atoms with Crippen LogP contribution in [0.4, 0.5) is 0 Å². The predicted molar refractivity (Wildman–Crippen MR) is 145 cm³/mol. The van der Waals surface area contributed by atoms with Gasteiger partial charge < -0.3 is 4.74 Å². The molecule has 0 atom stereocenters. The van der Waals surface area contributed by atoms with E-state index in [1.807, 2.05) is 42.5 Å². The van der Waals surface area contributed by atoms with Crippen LogP contribution in [0, 0.1) is 0 Å². The smallest absolute Gasteiger partial charge is 0.264 e. The quantitative estimate of drug-likeness (QED) is 0.178. The number of unbranched alkanes of at least 4 members (excludes halogenated alkanes) is 1. The van der Waals surface area contributed by atoms with Crippen molar-refractivity contribution in [1.82, 2.24) is 0 Å². The van der Waals surface area contributed by atoms with E-state index in [2.05, 4.69) is 60.7 Å². The van der Waals surface area contributed by atoms with Crippen LogP contribution in [0.25, 0.3) is 0 Å². The first-order chi connectivity index (χ1) is 17.5. The molecular formula is C31H32O4S. The zero-order valence-electron chi connectivity index (χ0n) is 20.3. The van der Waals surface area contributed by atoms with Crippen LogP contribution in [0.1, 0.15) is 46.2 Å². The molecule has 4 aromatic carbocycles. The molecule has 0 spiro atoms. The lowest BCUT2D eigenvalue weighted by molar-refractivity contribution is 0.303. The predicted octanol–water partition coefficient (Wildman–Crippen LogP) is 6.51. The minimum absolute atomic E-state index is 0.250.